The lowest BCUT2D eigenvalue weighted by molar-refractivity contribution is 0.0426. The number of alkyl carbamates (subject to hydrolysis) is 1. The van der Waals surface area contributed by atoms with E-state index in [2.05, 4.69) is 10.2 Å². The van der Waals surface area contributed by atoms with Crippen molar-refractivity contribution in [2.45, 2.75) is 70.9 Å². The summed E-state index contributed by atoms with van der Waals surface area (Å²) >= 11 is 0. The Morgan fingerprint density at radius 1 is 1.17 bits per heavy atom. The molecule has 0 aromatic rings. The van der Waals surface area contributed by atoms with Crippen LogP contribution in [0.1, 0.15) is 59.3 Å². The van der Waals surface area contributed by atoms with Crippen LogP contribution in [0.2, 0.25) is 0 Å². The van der Waals surface area contributed by atoms with Gasteiger partial charge in [0.25, 0.3) is 0 Å². The lowest BCUT2D eigenvalue weighted by atomic mass is 9.83. The van der Waals surface area contributed by atoms with Crippen LogP contribution >= 0.6 is 0 Å². The third-order valence-electron chi connectivity index (χ3n) is 5.11. The van der Waals surface area contributed by atoms with E-state index in [-0.39, 0.29) is 12.1 Å². The van der Waals surface area contributed by atoms with Gasteiger partial charge in [-0.1, -0.05) is 12.8 Å². The molecule has 1 aliphatic heterocycles. The van der Waals surface area contributed by atoms with Crippen LogP contribution in [0.15, 0.2) is 0 Å². The van der Waals surface area contributed by atoms with Crippen molar-refractivity contribution in [2.24, 2.45) is 11.8 Å². The number of piperidine rings is 1. The molecule has 5 heteroatoms. The van der Waals surface area contributed by atoms with Gasteiger partial charge >= 0.3 is 6.09 Å². The van der Waals surface area contributed by atoms with Crippen LogP contribution in [-0.4, -0.2) is 56.0 Å². The van der Waals surface area contributed by atoms with Gasteiger partial charge in [0.2, 0.25) is 0 Å². The highest BCUT2D eigenvalue weighted by molar-refractivity contribution is 5.68. The second-order valence-electron chi connectivity index (χ2n) is 8.52. The molecule has 24 heavy (non-hydrogen) atoms. The van der Waals surface area contributed by atoms with Crippen LogP contribution in [0, 0.1) is 11.8 Å². The van der Waals surface area contributed by atoms with E-state index in [9.17, 15) is 4.79 Å². The number of ether oxygens (including phenoxy) is 2. The van der Waals surface area contributed by atoms with E-state index in [0.29, 0.717) is 11.8 Å². The van der Waals surface area contributed by atoms with Gasteiger partial charge in [0.15, 0.2) is 0 Å². The molecule has 0 spiro atoms. The molecule has 1 aliphatic carbocycles. The normalized spacial score (nSPS) is 29.2. The van der Waals surface area contributed by atoms with Gasteiger partial charge in [-0.2, -0.15) is 0 Å². The minimum Gasteiger partial charge on any atom is -0.444 e. The number of carbonyl (C=O) groups excluding carboxylic acids is 1. The molecule has 3 atom stereocenters. The van der Waals surface area contributed by atoms with Crippen LogP contribution in [-0.2, 0) is 9.47 Å². The topological polar surface area (TPSA) is 50.8 Å². The van der Waals surface area contributed by atoms with Crippen molar-refractivity contribution in [3.05, 3.63) is 0 Å². The standard InChI is InChI=1S/C19H36N2O3/c1-19(2,3)24-18(22)20-17-10-6-5-9-16(17)13-21-11-7-8-15(12-21)14-23-4/h15-17H,5-14H2,1-4H3,(H,20,22)/t15?,16-,17+/m0/s1. The second kappa shape index (κ2) is 9.04. The van der Waals surface area contributed by atoms with Gasteiger partial charge in [0, 0.05) is 26.2 Å². The van der Waals surface area contributed by atoms with Crippen molar-refractivity contribution in [1.82, 2.24) is 10.2 Å². The Morgan fingerprint density at radius 2 is 1.92 bits per heavy atom. The molecule has 2 fully saturated rings. The van der Waals surface area contributed by atoms with Crippen LogP contribution < -0.4 is 5.32 Å². The lowest BCUT2D eigenvalue weighted by Crippen LogP contribution is -2.49. The smallest absolute Gasteiger partial charge is 0.407 e. The number of nitrogens with zero attached hydrogens (tertiary/aromatic N) is 1. The highest BCUT2D eigenvalue weighted by Gasteiger charge is 2.31. The molecule has 1 saturated heterocycles. The van der Waals surface area contributed by atoms with Crippen molar-refractivity contribution in [2.75, 3.05) is 33.4 Å². The second-order valence-corrected chi connectivity index (χ2v) is 8.52. The highest BCUT2D eigenvalue weighted by Crippen LogP contribution is 2.27. The fraction of sp³-hybridized carbons (Fsp3) is 0.947. The Hall–Kier alpha value is -0.810. The number of likely N-dealkylation sites (tertiary alicyclic amines) is 1. The van der Waals surface area contributed by atoms with Crippen molar-refractivity contribution in [3.63, 3.8) is 0 Å². The summed E-state index contributed by atoms with van der Waals surface area (Å²) in [5.74, 6) is 1.19. The molecule has 2 rings (SSSR count). The largest absolute Gasteiger partial charge is 0.444 e. The van der Waals surface area contributed by atoms with E-state index in [1.165, 1.54) is 38.6 Å². The number of carbonyl (C=O) groups is 1. The molecule has 1 amide bonds. The maximum absolute atomic E-state index is 12.1. The molecule has 1 heterocycles. The molecule has 1 saturated carbocycles. The molecule has 2 aliphatic rings. The molecular weight excluding hydrogens is 304 g/mol. The van der Waals surface area contributed by atoms with Gasteiger partial charge in [-0.15, -0.1) is 0 Å². The zero-order chi connectivity index (χ0) is 17.6. The molecule has 0 aromatic carbocycles. The minimum absolute atomic E-state index is 0.247. The van der Waals surface area contributed by atoms with E-state index in [1.54, 1.807) is 7.11 Å². The number of hydrogen-bond acceptors (Lipinski definition) is 4. The lowest BCUT2D eigenvalue weighted by Gasteiger charge is -2.39. The van der Waals surface area contributed by atoms with E-state index in [1.807, 2.05) is 20.8 Å². The van der Waals surface area contributed by atoms with Crippen LogP contribution in [0.3, 0.4) is 0 Å². The van der Waals surface area contributed by atoms with Crippen LogP contribution in [0.5, 0.6) is 0 Å². The van der Waals surface area contributed by atoms with Crippen molar-refractivity contribution >= 4 is 6.09 Å². The summed E-state index contributed by atoms with van der Waals surface area (Å²) in [5, 5.41) is 3.14. The van der Waals surface area contributed by atoms with E-state index in [0.717, 1.165) is 26.1 Å². The zero-order valence-electron chi connectivity index (χ0n) is 16.0. The predicted molar refractivity (Wildman–Crippen MR) is 96.2 cm³/mol. The zero-order valence-corrected chi connectivity index (χ0v) is 16.0. The van der Waals surface area contributed by atoms with Crippen LogP contribution in [0.4, 0.5) is 4.79 Å². The summed E-state index contributed by atoms with van der Waals surface area (Å²) in [6.07, 6.45) is 7.00. The van der Waals surface area contributed by atoms with Crippen molar-refractivity contribution in [3.8, 4) is 0 Å². The van der Waals surface area contributed by atoms with E-state index < -0.39 is 5.60 Å². The molecule has 140 valence electrons. The summed E-state index contributed by atoms with van der Waals surface area (Å²) in [6, 6.07) is 0.247. The average molecular weight is 341 g/mol. The van der Waals surface area contributed by atoms with Gasteiger partial charge in [-0.25, -0.2) is 4.79 Å². The molecule has 0 radical (unpaired) electrons. The Kier molecular flexibility index (Phi) is 7.35. The molecule has 5 nitrogen and oxygen atoms in total. The van der Waals surface area contributed by atoms with Gasteiger partial charge in [-0.05, 0) is 64.8 Å². The fourth-order valence-electron chi connectivity index (χ4n) is 4.10. The first kappa shape index (κ1) is 19.5. The Balaban J connectivity index is 1.85. The quantitative estimate of drug-likeness (QED) is 0.833. The van der Waals surface area contributed by atoms with Crippen molar-refractivity contribution < 1.29 is 14.3 Å². The first-order valence-electron chi connectivity index (χ1n) is 9.58. The maximum atomic E-state index is 12.1. The first-order chi connectivity index (χ1) is 11.4. The summed E-state index contributed by atoms with van der Waals surface area (Å²) in [7, 11) is 1.79. The Bertz CT molecular complexity index is 393. The summed E-state index contributed by atoms with van der Waals surface area (Å²) in [5.41, 5.74) is -0.436. The maximum Gasteiger partial charge on any atom is 0.407 e. The van der Waals surface area contributed by atoms with Crippen molar-refractivity contribution in [1.29, 1.82) is 0 Å². The predicted octanol–water partition coefficient (Wildman–Crippen LogP) is 3.43. The van der Waals surface area contributed by atoms with Gasteiger partial charge in [0.1, 0.15) is 5.60 Å². The SMILES string of the molecule is COCC1CCCN(C[C@@H]2CCCC[C@H]2NC(=O)OC(C)(C)C)C1. The molecule has 1 N–H and O–H groups in total. The Labute approximate surface area is 147 Å². The number of nitrogens with one attached hydrogen (secondary N) is 1. The third kappa shape index (κ3) is 6.60. The minimum atomic E-state index is -0.436. The molecule has 1 unspecified atom stereocenters. The van der Waals surface area contributed by atoms with E-state index in [4.69, 9.17) is 9.47 Å². The number of amides is 1. The van der Waals surface area contributed by atoms with Gasteiger partial charge in [0.05, 0.1) is 6.61 Å². The molecule has 0 bridgehead atoms. The molecule has 0 aromatic heterocycles. The fourth-order valence-corrected chi connectivity index (χ4v) is 4.10. The number of methoxy groups -OCH3 is 1. The van der Waals surface area contributed by atoms with Crippen LogP contribution in [0.25, 0.3) is 0 Å². The van der Waals surface area contributed by atoms with Gasteiger partial charge < -0.3 is 19.7 Å². The summed E-state index contributed by atoms with van der Waals surface area (Å²) in [4.78, 5) is 14.7. The molecular formula is C19H36N2O3. The number of hydrogen-bond donors (Lipinski definition) is 1. The third-order valence-corrected chi connectivity index (χ3v) is 5.11. The highest BCUT2D eigenvalue weighted by atomic mass is 16.6. The number of rotatable bonds is 5. The summed E-state index contributed by atoms with van der Waals surface area (Å²) < 4.78 is 10.8. The first-order valence-corrected chi connectivity index (χ1v) is 9.58. The summed E-state index contributed by atoms with van der Waals surface area (Å²) in [6.45, 7) is 9.98. The Morgan fingerprint density at radius 3 is 2.62 bits per heavy atom. The monoisotopic (exact) mass is 340 g/mol. The van der Waals surface area contributed by atoms with E-state index >= 15 is 0 Å². The average Bonchev–Trinajstić information content (AvgIpc) is 2.48. The van der Waals surface area contributed by atoms with Gasteiger partial charge in [-0.3, -0.25) is 0 Å².